The quantitative estimate of drug-likeness (QED) is 0.792. The van der Waals surface area contributed by atoms with E-state index >= 15 is 0 Å². The molecule has 0 aliphatic rings. The average Bonchev–Trinajstić information content (AvgIpc) is 2.97. The van der Waals surface area contributed by atoms with E-state index in [4.69, 9.17) is 4.42 Å². The summed E-state index contributed by atoms with van der Waals surface area (Å²) in [6, 6.07) is 7.79. The first-order valence-corrected chi connectivity index (χ1v) is 5.98. The van der Waals surface area contributed by atoms with Crippen LogP contribution in [0.4, 0.5) is 10.3 Å². The van der Waals surface area contributed by atoms with Gasteiger partial charge in [-0.2, -0.15) is 0 Å². The minimum Gasteiger partial charge on any atom is -0.441 e. The molecule has 0 radical (unpaired) electrons. The van der Waals surface area contributed by atoms with E-state index in [1.165, 1.54) is 18.5 Å². The molecule has 3 aromatic rings. The number of rotatable bonds is 3. The SMILES string of the molecule is CNc1nccc(-c2ocnc2-c2ccc(F)cc2)n1. The Balaban J connectivity index is 2.07. The molecule has 0 aliphatic carbocycles. The van der Waals surface area contributed by atoms with Gasteiger partial charge in [0.15, 0.2) is 12.2 Å². The van der Waals surface area contributed by atoms with Gasteiger partial charge in [0.05, 0.1) is 0 Å². The molecule has 2 heterocycles. The van der Waals surface area contributed by atoms with Gasteiger partial charge in [-0.25, -0.2) is 19.3 Å². The summed E-state index contributed by atoms with van der Waals surface area (Å²) in [4.78, 5) is 12.5. The van der Waals surface area contributed by atoms with Crippen molar-refractivity contribution in [2.45, 2.75) is 0 Å². The van der Waals surface area contributed by atoms with Crippen LogP contribution in [0, 0.1) is 5.82 Å². The molecule has 0 aliphatic heterocycles. The van der Waals surface area contributed by atoms with Crippen LogP contribution in [0.5, 0.6) is 0 Å². The Morgan fingerprint density at radius 3 is 2.65 bits per heavy atom. The van der Waals surface area contributed by atoms with Crippen LogP contribution in [0.15, 0.2) is 47.3 Å². The highest BCUT2D eigenvalue weighted by molar-refractivity contribution is 5.74. The number of aromatic nitrogens is 3. The molecular formula is C14H11FN4O. The van der Waals surface area contributed by atoms with Gasteiger partial charge in [-0.05, 0) is 30.3 Å². The third kappa shape index (κ3) is 2.23. The second-order valence-corrected chi connectivity index (χ2v) is 4.05. The number of benzene rings is 1. The summed E-state index contributed by atoms with van der Waals surface area (Å²) in [6.07, 6.45) is 2.97. The molecule has 0 amide bonds. The number of nitrogens with one attached hydrogen (secondary N) is 1. The van der Waals surface area contributed by atoms with Crippen molar-refractivity contribution in [3.8, 4) is 22.7 Å². The molecule has 0 saturated heterocycles. The highest BCUT2D eigenvalue weighted by atomic mass is 19.1. The molecule has 0 unspecified atom stereocenters. The topological polar surface area (TPSA) is 63.8 Å². The zero-order valence-corrected chi connectivity index (χ0v) is 10.7. The van der Waals surface area contributed by atoms with Crippen molar-refractivity contribution in [3.63, 3.8) is 0 Å². The van der Waals surface area contributed by atoms with Crippen LogP contribution in [0.3, 0.4) is 0 Å². The summed E-state index contributed by atoms with van der Waals surface area (Å²) >= 11 is 0. The molecule has 0 atom stereocenters. The lowest BCUT2D eigenvalue weighted by Crippen LogP contribution is -1.96. The van der Waals surface area contributed by atoms with Crippen LogP contribution >= 0.6 is 0 Å². The van der Waals surface area contributed by atoms with Crippen LogP contribution in [0.1, 0.15) is 0 Å². The van der Waals surface area contributed by atoms with E-state index in [1.807, 2.05) is 0 Å². The van der Waals surface area contributed by atoms with Gasteiger partial charge in [0.2, 0.25) is 5.95 Å². The van der Waals surface area contributed by atoms with Gasteiger partial charge in [0.25, 0.3) is 0 Å². The average molecular weight is 270 g/mol. The van der Waals surface area contributed by atoms with E-state index < -0.39 is 0 Å². The highest BCUT2D eigenvalue weighted by Gasteiger charge is 2.14. The van der Waals surface area contributed by atoms with Gasteiger partial charge in [-0.1, -0.05) is 0 Å². The van der Waals surface area contributed by atoms with Crippen LogP contribution in [-0.2, 0) is 0 Å². The minimum absolute atomic E-state index is 0.293. The van der Waals surface area contributed by atoms with Gasteiger partial charge >= 0.3 is 0 Å². The molecule has 6 heteroatoms. The maximum absolute atomic E-state index is 13.0. The highest BCUT2D eigenvalue weighted by Crippen LogP contribution is 2.30. The number of halogens is 1. The summed E-state index contributed by atoms with van der Waals surface area (Å²) in [6.45, 7) is 0. The lowest BCUT2D eigenvalue weighted by Gasteiger charge is -2.03. The molecule has 0 saturated carbocycles. The first-order valence-electron chi connectivity index (χ1n) is 5.98. The summed E-state index contributed by atoms with van der Waals surface area (Å²) in [5.74, 6) is 0.720. The molecular weight excluding hydrogens is 259 g/mol. The zero-order chi connectivity index (χ0) is 13.9. The van der Waals surface area contributed by atoms with Crippen molar-refractivity contribution in [1.29, 1.82) is 0 Å². The molecule has 0 bridgehead atoms. The summed E-state index contributed by atoms with van der Waals surface area (Å²) < 4.78 is 18.4. The molecule has 0 spiro atoms. The Morgan fingerprint density at radius 2 is 1.90 bits per heavy atom. The number of oxazole rings is 1. The van der Waals surface area contributed by atoms with Crippen LogP contribution in [0.25, 0.3) is 22.7 Å². The van der Waals surface area contributed by atoms with Crippen molar-refractivity contribution in [2.75, 3.05) is 12.4 Å². The van der Waals surface area contributed by atoms with E-state index in [9.17, 15) is 4.39 Å². The van der Waals surface area contributed by atoms with Gasteiger partial charge in [0, 0.05) is 18.8 Å². The molecule has 1 aromatic carbocycles. The fourth-order valence-electron chi connectivity index (χ4n) is 1.85. The van der Waals surface area contributed by atoms with E-state index in [0.717, 1.165) is 5.56 Å². The molecule has 2 aromatic heterocycles. The fraction of sp³-hybridized carbons (Fsp3) is 0.0714. The van der Waals surface area contributed by atoms with Gasteiger partial charge in [-0.3, -0.25) is 0 Å². The first-order chi connectivity index (χ1) is 9.78. The van der Waals surface area contributed by atoms with Crippen molar-refractivity contribution >= 4 is 5.95 Å². The Labute approximate surface area is 114 Å². The standard InChI is InChI=1S/C14H11FN4O/c1-16-14-17-7-6-11(19-14)13-12(18-8-20-13)9-2-4-10(15)5-3-9/h2-8H,1H3,(H,16,17,19). The predicted molar refractivity (Wildman–Crippen MR) is 72.5 cm³/mol. The predicted octanol–water partition coefficient (Wildman–Crippen LogP) is 2.98. The van der Waals surface area contributed by atoms with Gasteiger partial charge < -0.3 is 9.73 Å². The maximum Gasteiger partial charge on any atom is 0.223 e. The Bertz CT molecular complexity index is 724. The number of hydrogen-bond acceptors (Lipinski definition) is 5. The Hall–Kier alpha value is -2.76. The second-order valence-electron chi connectivity index (χ2n) is 4.05. The van der Waals surface area contributed by atoms with E-state index in [2.05, 4.69) is 20.3 Å². The van der Waals surface area contributed by atoms with Crippen molar-refractivity contribution in [1.82, 2.24) is 15.0 Å². The Kier molecular flexibility index (Phi) is 3.12. The molecule has 3 rings (SSSR count). The lowest BCUT2D eigenvalue weighted by atomic mass is 10.1. The van der Waals surface area contributed by atoms with E-state index in [-0.39, 0.29) is 5.82 Å². The molecule has 20 heavy (non-hydrogen) atoms. The number of hydrogen-bond donors (Lipinski definition) is 1. The molecule has 1 N–H and O–H groups in total. The monoisotopic (exact) mass is 270 g/mol. The largest absolute Gasteiger partial charge is 0.441 e. The van der Waals surface area contributed by atoms with Crippen LogP contribution < -0.4 is 5.32 Å². The first kappa shape index (κ1) is 12.3. The number of nitrogens with zero attached hydrogens (tertiary/aromatic N) is 3. The smallest absolute Gasteiger partial charge is 0.223 e. The molecule has 0 fully saturated rings. The molecule has 100 valence electrons. The minimum atomic E-state index is -0.293. The Morgan fingerprint density at radius 1 is 1.10 bits per heavy atom. The van der Waals surface area contributed by atoms with Crippen LogP contribution in [0.2, 0.25) is 0 Å². The third-order valence-electron chi connectivity index (χ3n) is 2.80. The fourth-order valence-corrected chi connectivity index (χ4v) is 1.85. The zero-order valence-electron chi connectivity index (χ0n) is 10.7. The second kappa shape index (κ2) is 5.08. The van der Waals surface area contributed by atoms with Crippen LogP contribution in [-0.4, -0.2) is 22.0 Å². The third-order valence-corrected chi connectivity index (χ3v) is 2.80. The van der Waals surface area contributed by atoms with Crippen molar-refractivity contribution < 1.29 is 8.81 Å². The maximum atomic E-state index is 13.0. The van der Waals surface area contributed by atoms with Crippen molar-refractivity contribution in [2.24, 2.45) is 0 Å². The molecule has 5 nitrogen and oxygen atoms in total. The normalized spacial score (nSPS) is 10.5. The summed E-state index contributed by atoms with van der Waals surface area (Å²) in [7, 11) is 1.74. The van der Waals surface area contributed by atoms with Crippen molar-refractivity contribution in [3.05, 3.63) is 48.7 Å². The summed E-state index contributed by atoms with van der Waals surface area (Å²) in [5, 5.41) is 2.86. The van der Waals surface area contributed by atoms with E-state index in [0.29, 0.717) is 23.1 Å². The number of anilines is 1. The van der Waals surface area contributed by atoms with E-state index in [1.54, 1.807) is 31.4 Å². The summed E-state index contributed by atoms with van der Waals surface area (Å²) in [5.41, 5.74) is 1.99. The van der Waals surface area contributed by atoms with Gasteiger partial charge in [-0.15, -0.1) is 0 Å². The lowest BCUT2D eigenvalue weighted by molar-refractivity contribution is 0.570. The van der Waals surface area contributed by atoms with Gasteiger partial charge in [0.1, 0.15) is 17.2 Å².